The Morgan fingerprint density at radius 1 is 1.41 bits per heavy atom. The zero-order valence-corrected chi connectivity index (χ0v) is 10.5. The SMILES string of the molecule is CC(C)C(C)CNC(=O)c1cc(N)ccc1F. The third-order valence-corrected chi connectivity index (χ3v) is 2.96. The number of nitrogens with one attached hydrogen (secondary N) is 1. The molecule has 3 N–H and O–H groups in total. The van der Waals surface area contributed by atoms with Crippen LogP contribution < -0.4 is 11.1 Å². The molecule has 0 fully saturated rings. The molecular formula is C13H19FN2O. The van der Waals surface area contributed by atoms with Gasteiger partial charge in [-0.3, -0.25) is 4.79 Å². The van der Waals surface area contributed by atoms with Crippen LogP contribution in [0.5, 0.6) is 0 Å². The predicted molar refractivity (Wildman–Crippen MR) is 67.1 cm³/mol. The van der Waals surface area contributed by atoms with E-state index in [0.717, 1.165) is 0 Å². The van der Waals surface area contributed by atoms with Gasteiger partial charge in [0.25, 0.3) is 5.91 Å². The molecule has 0 aliphatic carbocycles. The third kappa shape index (κ3) is 3.73. The molecule has 94 valence electrons. The van der Waals surface area contributed by atoms with E-state index in [2.05, 4.69) is 19.2 Å². The molecule has 3 nitrogen and oxygen atoms in total. The van der Waals surface area contributed by atoms with Crippen molar-refractivity contribution in [2.24, 2.45) is 11.8 Å². The van der Waals surface area contributed by atoms with Crippen LogP contribution in [-0.4, -0.2) is 12.5 Å². The number of halogens is 1. The predicted octanol–water partition coefficient (Wildman–Crippen LogP) is 2.43. The second kappa shape index (κ2) is 5.66. The van der Waals surface area contributed by atoms with E-state index < -0.39 is 11.7 Å². The average Bonchev–Trinajstić information content (AvgIpc) is 2.28. The van der Waals surface area contributed by atoms with Crippen molar-refractivity contribution in [3.8, 4) is 0 Å². The minimum Gasteiger partial charge on any atom is -0.399 e. The molecule has 1 unspecified atom stereocenters. The molecular weight excluding hydrogens is 219 g/mol. The maximum absolute atomic E-state index is 13.4. The summed E-state index contributed by atoms with van der Waals surface area (Å²) in [7, 11) is 0. The van der Waals surface area contributed by atoms with Gasteiger partial charge in [0.05, 0.1) is 5.56 Å². The van der Waals surface area contributed by atoms with Gasteiger partial charge in [-0.25, -0.2) is 4.39 Å². The van der Waals surface area contributed by atoms with Crippen LogP contribution in [0.2, 0.25) is 0 Å². The van der Waals surface area contributed by atoms with Gasteiger partial charge in [0, 0.05) is 12.2 Å². The van der Waals surface area contributed by atoms with Gasteiger partial charge < -0.3 is 11.1 Å². The summed E-state index contributed by atoms with van der Waals surface area (Å²) in [5.74, 6) is -0.139. The van der Waals surface area contributed by atoms with Crippen molar-refractivity contribution in [1.29, 1.82) is 0 Å². The molecule has 0 spiro atoms. The number of nitrogen functional groups attached to an aromatic ring is 1. The van der Waals surface area contributed by atoms with Gasteiger partial charge in [0.15, 0.2) is 0 Å². The number of rotatable bonds is 4. The lowest BCUT2D eigenvalue weighted by atomic mass is 9.98. The monoisotopic (exact) mass is 238 g/mol. The van der Waals surface area contributed by atoms with Gasteiger partial charge in [-0.1, -0.05) is 20.8 Å². The standard InChI is InChI=1S/C13H19FN2O/c1-8(2)9(3)7-16-13(17)11-6-10(15)4-5-12(11)14/h4-6,8-9H,7,15H2,1-3H3,(H,16,17). The number of hydrogen-bond acceptors (Lipinski definition) is 2. The van der Waals surface area contributed by atoms with E-state index in [9.17, 15) is 9.18 Å². The van der Waals surface area contributed by atoms with E-state index >= 15 is 0 Å². The lowest BCUT2D eigenvalue weighted by Gasteiger charge is -2.16. The third-order valence-electron chi connectivity index (χ3n) is 2.96. The second-order valence-electron chi connectivity index (χ2n) is 4.67. The Hall–Kier alpha value is -1.58. The Morgan fingerprint density at radius 3 is 2.65 bits per heavy atom. The lowest BCUT2D eigenvalue weighted by Crippen LogP contribution is -2.30. The summed E-state index contributed by atoms with van der Waals surface area (Å²) in [6.45, 7) is 6.74. The first kappa shape index (κ1) is 13.5. The maximum atomic E-state index is 13.4. The van der Waals surface area contributed by atoms with Crippen LogP contribution in [0, 0.1) is 17.7 Å². The van der Waals surface area contributed by atoms with Gasteiger partial charge in [-0.15, -0.1) is 0 Å². The van der Waals surface area contributed by atoms with Crippen molar-refractivity contribution in [3.05, 3.63) is 29.6 Å². The van der Waals surface area contributed by atoms with Crippen LogP contribution in [0.4, 0.5) is 10.1 Å². The largest absolute Gasteiger partial charge is 0.399 e. The average molecular weight is 238 g/mol. The summed E-state index contributed by atoms with van der Waals surface area (Å²) in [5.41, 5.74) is 5.91. The highest BCUT2D eigenvalue weighted by molar-refractivity contribution is 5.95. The van der Waals surface area contributed by atoms with Crippen LogP contribution >= 0.6 is 0 Å². The number of carbonyl (C=O) groups is 1. The molecule has 0 aliphatic rings. The lowest BCUT2D eigenvalue weighted by molar-refractivity contribution is 0.0941. The first-order valence-electron chi connectivity index (χ1n) is 5.75. The number of nitrogens with two attached hydrogens (primary N) is 1. The molecule has 0 saturated carbocycles. The van der Waals surface area contributed by atoms with Crippen molar-refractivity contribution in [1.82, 2.24) is 5.32 Å². The summed E-state index contributed by atoms with van der Waals surface area (Å²) in [6, 6.07) is 3.99. The Labute approximate surface area is 101 Å². The molecule has 0 aromatic heterocycles. The first-order chi connectivity index (χ1) is 7.91. The van der Waals surface area contributed by atoms with Crippen LogP contribution in [0.25, 0.3) is 0 Å². The minimum atomic E-state index is -0.547. The fraction of sp³-hybridized carbons (Fsp3) is 0.462. The topological polar surface area (TPSA) is 55.1 Å². The van der Waals surface area contributed by atoms with E-state index in [1.54, 1.807) is 0 Å². The summed E-state index contributed by atoms with van der Waals surface area (Å²) < 4.78 is 13.4. The van der Waals surface area contributed by atoms with Crippen LogP contribution in [0.15, 0.2) is 18.2 Å². The molecule has 0 heterocycles. The Morgan fingerprint density at radius 2 is 2.06 bits per heavy atom. The smallest absolute Gasteiger partial charge is 0.254 e. The van der Waals surface area contributed by atoms with Crippen molar-refractivity contribution < 1.29 is 9.18 Å². The molecule has 1 rings (SSSR count). The molecule has 4 heteroatoms. The maximum Gasteiger partial charge on any atom is 0.254 e. The van der Waals surface area contributed by atoms with E-state index in [4.69, 9.17) is 5.73 Å². The Balaban J connectivity index is 2.67. The molecule has 17 heavy (non-hydrogen) atoms. The van der Waals surface area contributed by atoms with Gasteiger partial charge in [-0.2, -0.15) is 0 Å². The second-order valence-corrected chi connectivity index (χ2v) is 4.67. The zero-order chi connectivity index (χ0) is 13.0. The van der Waals surface area contributed by atoms with Crippen molar-refractivity contribution in [2.75, 3.05) is 12.3 Å². The fourth-order valence-corrected chi connectivity index (χ4v) is 1.30. The normalized spacial score (nSPS) is 12.5. The van der Waals surface area contributed by atoms with Crippen molar-refractivity contribution in [3.63, 3.8) is 0 Å². The highest BCUT2D eigenvalue weighted by Crippen LogP contribution is 2.13. The Bertz CT molecular complexity index is 404. The fourth-order valence-electron chi connectivity index (χ4n) is 1.30. The summed E-state index contributed by atoms with van der Waals surface area (Å²) >= 11 is 0. The first-order valence-corrected chi connectivity index (χ1v) is 5.75. The molecule has 1 aromatic rings. The van der Waals surface area contributed by atoms with Crippen LogP contribution in [-0.2, 0) is 0 Å². The van der Waals surface area contributed by atoms with Gasteiger partial charge in [0.1, 0.15) is 5.82 Å². The number of hydrogen-bond donors (Lipinski definition) is 2. The molecule has 0 aliphatic heterocycles. The highest BCUT2D eigenvalue weighted by Gasteiger charge is 2.14. The summed E-state index contributed by atoms with van der Waals surface area (Å²) in [6.07, 6.45) is 0. The van der Waals surface area contributed by atoms with E-state index in [-0.39, 0.29) is 5.56 Å². The highest BCUT2D eigenvalue weighted by atomic mass is 19.1. The molecule has 0 saturated heterocycles. The van der Waals surface area contributed by atoms with Gasteiger partial charge >= 0.3 is 0 Å². The number of amides is 1. The molecule has 1 amide bonds. The van der Waals surface area contributed by atoms with Gasteiger partial charge in [-0.05, 0) is 30.0 Å². The van der Waals surface area contributed by atoms with E-state index in [1.807, 2.05) is 6.92 Å². The Kier molecular flexibility index (Phi) is 4.49. The van der Waals surface area contributed by atoms with Crippen molar-refractivity contribution in [2.45, 2.75) is 20.8 Å². The quantitative estimate of drug-likeness (QED) is 0.791. The summed E-state index contributed by atoms with van der Waals surface area (Å²) in [4.78, 5) is 11.7. The van der Waals surface area contributed by atoms with E-state index in [1.165, 1.54) is 18.2 Å². The van der Waals surface area contributed by atoms with Crippen molar-refractivity contribution >= 4 is 11.6 Å². The number of anilines is 1. The van der Waals surface area contributed by atoms with Gasteiger partial charge in [0.2, 0.25) is 0 Å². The number of carbonyl (C=O) groups excluding carboxylic acids is 1. The molecule has 0 radical (unpaired) electrons. The molecule has 1 atom stereocenters. The zero-order valence-electron chi connectivity index (χ0n) is 10.5. The molecule has 1 aromatic carbocycles. The van der Waals surface area contributed by atoms with E-state index in [0.29, 0.717) is 24.1 Å². The van der Waals surface area contributed by atoms with Crippen LogP contribution in [0.3, 0.4) is 0 Å². The molecule has 0 bridgehead atoms. The van der Waals surface area contributed by atoms with Crippen LogP contribution in [0.1, 0.15) is 31.1 Å². The summed E-state index contributed by atoms with van der Waals surface area (Å²) in [5, 5.41) is 2.71. The minimum absolute atomic E-state index is 0.000885. The number of benzene rings is 1.